The van der Waals surface area contributed by atoms with Gasteiger partial charge >= 0.3 is 5.97 Å². The zero-order valence-electron chi connectivity index (χ0n) is 20.2. The lowest BCUT2D eigenvalue weighted by Gasteiger charge is -2.36. The third-order valence-corrected chi connectivity index (χ3v) is 6.51. The molecule has 4 nitrogen and oxygen atoms in total. The van der Waals surface area contributed by atoms with E-state index in [1.165, 1.54) is 0 Å². The van der Waals surface area contributed by atoms with Crippen molar-refractivity contribution in [2.75, 3.05) is 0 Å². The molecule has 0 aliphatic carbocycles. The van der Waals surface area contributed by atoms with Gasteiger partial charge in [-0.2, -0.15) is 0 Å². The maximum absolute atomic E-state index is 13.5. The number of carbonyl (C=O) groups is 2. The second kappa shape index (κ2) is 13.3. The van der Waals surface area contributed by atoms with Gasteiger partial charge in [-0.05, 0) is 36.0 Å². The van der Waals surface area contributed by atoms with Crippen molar-refractivity contribution >= 4 is 11.9 Å². The fraction of sp³-hybridized carbons (Fsp3) is 0.290. The monoisotopic (exact) mass is 469 g/mol. The van der Waals surface area contributed by atoms with Crippen LogP contribution in [0.2, 0.25) is 0 Å². The van der Waals surface area contributed by atoms with Gasteiger partial charge in [0.2, 0.25) is 5.91 Å². The van der Waals surface area contributed by atoms with E-state index in [0.29, 0.717) is 6.42 Å². The SMILES string of the molecule is C=CCCCCCC[C@H](NC(=O)CC(c1ccccc1)(c1ccccc1)c1ccccc1)C(=O)O. The molecule has 0 unspecified atom stereocenters. The van der Waals surface area contributed by atoms with E-state index in [1.54, 1.807) is 0 Å². The third-order valence-electron chi connectivity index (χ3n) is 6.51. The Labute approximate surface area is 208 Å². The van der Waals surface area contributed by atoms with E-state index in [-0.39, 0.29) is 12.3 Å². The lowest BCUT2D eigenvalue weighted by Crippen LogP contribution is -2.44. The number of allylic oxidation sites excluding steroid dienone is 1. The standard InChI is InChI=1S/C31H35NO3/c1-2-3-4-5-6-16-23-28(30(34)35)32-29(33)24-31(25-17-10-7-11-18-25,26-19-12-8-13-20-26)27-21-14-9-15-22-27/h2,7-15,17-22,28H,1,3-6,16,23-24H2,(H,32,33)(H,34,35)/t28-/m0/s1. The van der Waals surface area contributed by atoms with Crippen LogP contribution < -0.4 is 5.32 Å². The Bertz CT molecular complexity index is 967. The van der Waals surface area contributed by atoms with Gasteiger partial charge in [-0.15, -0.1) is 6.58 Å². The second-order valence-electron chi connectivity index (χ2n) is 8.92. The third kappa shape index (κ3) is 6.92. The Kier molecular flexibility index (Phi) is 9.85. The molecule has 0 aliphatic heterocycles. The van der Waals surface area contributed by atoms with Crippen molar-refractivity contribution in [1.82, 2.24) is 5.32 Å². The Morgan fingerprint density at radius 2 is 1.23 bits per heavy atom. The Morgan fingerprint density at radius 1 is 0.771 bits per heavy atom. The van der Waals surface area contributed by atoms with Crippen LogP contribution in [0.3, 0.4) is 0 Å². The summed E-state index contributed by atoms with van der Waals surface area (Å²) >= 11 is 0. The van der Waals surface area contributed by atoms with Crippen molar-refractivity contribution in [3.63, 3.8) is 0 Å². The van der Waals surface area contributed by atoms with E-state index in [1.807, 2.05) is 97.1 Å². The van der Waals surface area contributed by atoms with Crippen molar-refractivity contribution in [2.24, 2.45) is 0 Å². The molecule has 0 bridgehead atoms. The molecule has 35 heavy (non-hydrogen) atoms. The molecule has 0 aromatic heterocycles. The van der Waals surface area contributed by atoms with E-state index in [2.05, 4.69) is 11.9 Å². The summed E-state index contributed by atoms with van der Waals surface area (Å²) in [5, 5.41) is 12.6. The number of nitrogens with one attached hydrogen (secondary N) is 1. The number of carbonyl (C=O) groups excluding carboxylic acids is 1. The summed E-state index contributed by atoms with van der Waals surface area (Å²) in [6.07, 6.45) is 7.19. The number of carboxylic acid groups (broad SMARTS) is 1. The topological polar surface area (TPSA) is 66.4 Å². The van der Waals surface area contributed by atoms with Crippen LogP contribution in [0.25, 0.3) is 0 Å². The highest BCUT2D eigenvalue weighted by molar-refractivity contribution is 5.85. The molecule has 1 atom stereocenters. The minimum absolute atomic E-state index is 0.105. The Balaban J connectivity index is 1.88. The molecule has 0 saturated heterocycles. The van der Waals surface area contributed by atoms with Gasteiger partial charge in [-0.25, -0.2) is 4.79 Å². The molecule has 0 heterocycles. The number of amides is 1. The summed E-state index contributed by atoms with van der Waals surface area (Å²) in [4.78, 5) is 25.4. The predicted molar refractivity (Wildman–Crippen MR) is 141 cm³/mol. The van der Waals surface area contributed by atoms with Gasteiger partial charge < -0.3 is 10.4 Å². The number of rotatable bonds is 14. The summed E-state index contributed by atoms with van der Waals surface area (Å²) in [5.41, 5.74) is 2.21. The molecule has 0 spiro atoms. The maximum atomic E-state index is 13.5. The minimum Gasteiger partial charge on any atom is -0.480 e. The first-order valence-electron chi connectivity index (χ1n) is 12.4. The van der Waals surface area contributed by atoms with Crippen molar-refractivity contribution < 1.29 is 14.7 Å². The molecule has 0 radical (unpaired) electrons. The Hall–Kier alpha value is -3.66. The molecular weight excluding hydrogens is 434 g/mol. The highest BCUT2D eigenvalue weighted by atomic mass is 16.4. The molecule has 182 valence electrons. The Morgan fingerprint density at radius 3 is 1.66 bits per heavy atom. The van der Waals surface area contributed by atoms with Crippen molar-refractivity contribution in [3.05, 3.63) is 120 Å². The molecule has 3 aromatic rings. The molecule has 0 fully saturated rings. The minimum atomic E-state index is -0.992. The first kappa shape index (κ1) is 26.0. The number of unbranched alkanes of at least 4 members (excludes halogenated alkanes) is 4. The number of carboxylic acids is 1. The van der Waals surface area contributed by atoms with Crippen molar-refractivity contribution in [1.29, 1.82) is 0 Å². The number of aliphatic carboxylic acids is 1. The zero-order valence-corrected chi connectivity index (χ0v) is 20.2. The predicted octanol–water partition coefficient (Wildman–Crippen LogP) is 6.51. The van der Waals surface area contributed by atoms with Crippen LogP contribution in [0, 0.1) is 0 Å². The van der Waals surface area contributed by atoms with Crippen LogP contribution in [0.1, 0.15) is 61.6 Å². The van der Waals surface area contributed by atoms with E-state index in [0.717, 1.165) is 48.8 Å². The summed E-state index contributed by atoms with van der Waals surface area (Å²) in [6, 6.07) is 29.0. The zero-order chi connectivity index (χ0) is 24.9. The summed E-state index contributed by atoms with van der Waals surface area (Å²) < 4.78 is 0. The fourth-order valence-electron chi connectivity index (χ4n) is 4.71. The van der Waals surface area contributed by atoms with E-state index < -0.39 is 17.4 Å². The first-order chi connectivity index (χ1) is 17.1. The quantitative estimate of drug-likeness (QED) is 0.161. The molecule has 4 heteroatoms. The molecule has 3 aromatic carbocycles. The number of hydrogen-bond donors (Lipinski definition) is 2. The van der Waals surface area contributed by atoms with Gasteiger partial charge in [0, 0.05) is 6.42 Å². The van der Waals surface area contributed by atoms with E-state index in [9.17, 15) is 14.7 Å². The molecule has 2 N–H and O–H groups in total. The maximum Gasteiger partial charge on any atom is 0.326 e. The van der Waals surface area contributed by atoms with Gasteiger partial charge in [0.1, 0.15) is 6.04 Å². The van der Waals surface area contributed by atoms with E-state index in [4.69, 9.17) is 0 Å². The molecule has 0 aliphatic rings. The van der Waals surface area contributed by atoms with Crippen LogP contribution in [-0.2, 0) is 15.0 Å². The molecule has 0 saturated carbocycles. The number of benzene rings is 3. The van der Waals surface area contributed by atoms with Crippen LogP contribution in [0.15, 0.2) is 104 Å². The van der Waals surface area contributed by atoms with Crippen molar-refractivity contribution in [3.8, 4) is 0 Å². The van der Waals surface area contributed by atoms with Gasteiger partial charge in [0.25, 0.3) is 0 Å². The molecular formula is C31H35NO3. The van der Waals surface area contributed by atoms with Crippen molar-refractivity contribution in [2.45, 2.75) is 56.4 Å². The average Bonchev–Trinajstić information content (AvgIpc) is 2.90. The summed E-state index contributed by atoms with van der Waals surface area (Å²) in [6.45, 7) is 3.73. The lowest BCUT2D eigenvalue weighted by molar-refractivity contribution is -0.142. The fourth-order valence-corrected chi connectivity index (χ4v) is 4.71. The number of hydrogen-bond acceptors (Lipinski definition) is 2. The molecule has 1 amide bonds. The van der Waals surface area contributed by atoms with Gasteiger partial charge in [-0.3, -0.25) is 4.79 Å². The summed E-state index contributed by atoms with van der Waals surface area (Å²) in [7, 11) is 0. The summed E-state index contributed by atoms with van der Waals surface area (Å²) in [5.74, 6) is -1.27. The first-order valence-corrected chi connectivity index (χ1v) is 12.4. The second-order valence-corrected chi connectivity index (χ2v) is 8.92. The highest BCUT2D eigenvalue weighted by Gasteiger charge is 2.39. The normalized spacial score (nSPS) is 12.0. The van der Waals surface area contributed by atoms with E-state index >= 15 is 0 Å². The van der Waals surface area contributed by atoms with Gasteiger partial charge in [-0.1, -0.05) is 116 Å². The smallest absolute Gasteiger partial charge is 0.326 e. The van der Waals surface area contributed by atoms with Crippen LogP contribution in [-0.4, -0.2) is 23.0 Å². The molecule has 3 rings (SSSR count). The van der Waals surface area contributed by atoms with Gasteiger partial charge in [0.15, 0.2) is 0 Å². The van der Waals surface area contributed by atoms with Gasteiger partial charge in [0.05, 0.1) is 5.41 Å². The van der Waals surface area contributed by atoms with Crippen LogP contribution in [0.5, 0.6) is 0 Å². The average molecular weight is 470 g/mol. The van der Waals surface area contributed by atoms with Crippen LogP contribution in [0.4, 0.5) is 0 Å². The van der Waals surface area contributed by atoms with Crippen LogP contribution >= 0.6 is 0 Å². The highest BCUT2D eigenvalue weighted by Crippen LogP contribution is 2.42. The largest absolute Gasteiger partial charge is 0.480 e. The lowest BCUT2D eigenvalue weighted by atomic mass is 9.67.